The van der Waals surface area contributed by atoms with E-state index in [1.165, 1.54) is 0 Å². The standard InChI is InChI=1S/C8H11F2N3O5S/c9-6(10)4-18-2-1-12-19(16,17)7-5(8(14)15)3-11-13-7/h3,6,12H,1-2,4H2,(H,11,13)(H,14,15). The smallest absolute Gasteiger partial charge is 0.340 e. The molecule has 108 valence electrons. The van der Waals surface area contributed by atoms with Gasteiger partial charge in [-0.05, 0) is 0 Å². The highest BCUT2D eigenvalue weighted by molar-refractivity contribution is 7.89. The van der Waals surface area contributed by atoms with Crippen LogP contribution in [0.3, 0.4) is 0 Å². The molecule has 0 unspecified atom stereocenters. The third-order valence-electron chi connectivity index (χ3n) is 1.89. The molecule has 0 aromatic carbocycles. The number of hydrogen-bond acceptors (Lipinski definition) is 5. The molecule has 0 aliphatic heterocycles. The highest BCUT2D eigenvalue weighted by atomic mass is 32.2. The first-order valence-electron chi connectivity index (χ1n) is 4.97. The number of aromatic carboxylic acids is 1. The predicted octanol–water partition coefficient (Wildman–Crippen LogP) is -0.332. The molecule has 1 rings (SSSR count). The molecule has 0 saturated carbocycles. The highest BCUT2D eigenvalue weighted by Gasteiger charge is 2.24. The second-order valence-corrected chi connectivity index (χ2v) is 4.99. The van der Waals surface area contributed by atoms with Crippen LogP contribution in [-0.4, -0.2) is 55.9 Å². The number of H-pyrrole nitrogens is 1. The fourth-order valence-electron chi connectivity index (χ4n) is 1.12. The zero-order valence-corrected chi connectivity index (χ0v) is 10.3. The molecule has 0 fully saturated rings. The average Bonchev–Trinajstić information content (AvgIpc) is 2.77. The number of rotatable bonds is 8. The van der Waals surface area contributed by atoms with Crippen molar-refractivity contribution in [1.29, 1.82) is 0 Å². The van der Waals surface area contributed by atoms with Gasteiger partial charge in [0, 0.05) is 6.54 Å². The van der Waals surface area contributed by atoms with Crippen LogP contribution in [0, 0.1) is 0 Å². The SMILES string of the molecule is O=C(O)c1cn[nH]c1S(=O)(=O)NCCOCC(F)F. The highest BCUT2D eigenvalue weighted by Crippen LogP contribution is 2.11. The van der Waals surface area contributed by atoms with E-state index in [0.29, 0.717) is 0 Å². The Morgan fingerprint density at radius 2 is 2.26 bits per heavy atom. The molecular weight excluding hydrogens is 288 g/mol. The van der Waals surface area contributed by atoms with E-state index in [1.54, 1.807) is 0 Å². The molecule has 0 radical (unpaired) electrons. The first-order chi connectivity index (χ1) is 8.84. The average molecular weight is 299 g/mol. The van der Waals surface area contributed by atoms with E-state index in [1.807, 2.05) is 9.82 Å². The van der Waals surface area contributed by atoms with Gasteiger partial charge in [0.15, 0.2) is 5.03 Å². The fourth-order valence-corrected chi connectivity index (χ4v) is 2.22. The third kappa shape index (κ3) is 4.54. The Labute approximate surface area is 106 Å². The number of halogens is 2. The quantitative estimate of drug-likeness (QED) is 0.565. The summed E-state index contributed by atoms with van der Waals surface area (Å²) in [5.41, 5.74) is -0.513. The summed E-state index contributed by atoms with van der Waals surface area (Å²) < 4.78 is 53.2. The lowest BCUT2D eigenvalue weighted by Crippen LogP contribution is -2.29. The third-order valence-corrected chi connectivity index (χ3v) is 3.32. The first kappa shape index (κ1) is 15.5. The Hall–Kier alpha value is -1.59. The van der Waals surface area contributed by atoms with Crippen molar-refractivity contribution in [1.82, 2.24) is 14.9 Å². The van der Waals surface area contributed by atoms with Crippen molar-refractivity contribution < 1.29 is 31.8 Å². The summed E-state index contributed by atoms with van der Waals surface area (Å²) in [7, 11) is -4.11. The predicted molar refractivity (Wildman–Crippen MR) is 57.6 cm³/mol. The topological polar surface area (TPSA) is 121 Å². The Bertz CT molecular complexity index is 530. The molecule has 11 heteroatoms. The summed E-state index contributed by atoms with van der Waals surface area (Å²) in [5, 5.41) is 13.5. The van der Waals surface area contributed by atoms with Crippen molar-refractivity contribution in [2.75, 3.05) is 19.8 Å². The molecule has 0 saturated heterocycles. The Morgan fingerprint density at radius 1 is 1.58 bits per heavy atom. The normalized spacial score (nSPS) is 11.9. The number of sulfonamides is 1. The zero-order valence-electron chi connectivity index (χ0n) is 9.47. The summed E-state index contributed by atoms with van der Waals surface area (Å²) >= 11 is 0. The van der Waals surface area contributed by atoms with Crippen LogP contribution >= 0.6 is 0 Å². The Balaban J connectivity index is 2.57. The number of aromatic nitrogens is 2. The maximum Gasteiger partial charge on any atom is 0.340 e. The summed E-state index contributed by atoms with van der Waals surface area (Å²) in [6.07, 6.45) is -1.78. The Kier molecular flexibility index (Phi) is 5.32. The van der Waals surface area contributed by atoms with Gasteiger partial charge in [-0.1, -0.05) is 0 Å². The number of ether oxygens (including phenoxy) is 1. The van der Waals surface area contributed by atoms with Crippen LogP contribution in [0.25, 0.3) is 0 Å². The van der Waals surface area contributed by atoms with Gasteiger partial charge in [-0.15, -0.1) is 0 Å². The molecular formula is C8H11F2N3O5S. The Morgan fingerprint density at radius 3 is 2.84 bits per heavy atom. The molecule has 3 N–H and O–H groups in total. The van der Waals surface area contributed by atoms with Gasteiger partial charge in [0.1, 0.15) is 12.2 Å². The van der Waals surface area contributed by atoms with Gasteiger partial charge in [-0.3, -0.25) is 5.10 Å². The number of carboxylic acids is 1. The number of nitrogens with zero attached hydrogens (tertiary/aromatic N) is 1. The number of carboxylic acid groups (broad SMARTS) is 1. The summed E-state index contributed by atoms with van der Waals surface area (Å²) in [6, 6.07) is 0. The van der Waals surface area contributed by atoms with Gasteiger partial charge in [0.25, 0.3) is 16.4 Å². The van der Waals surface area contributed by atoms with E-state index in [9.17, 15) is 22.0 Å². The van der Waals surface area contributed by atoms with Crippen molar-refractivity contribution >= 4 is 16.0 Å². The number of aromatic amines is 1. The molecule has 0 amide bonds. The molecule has 0 aliphatic rings. The molecule has 1 aromatic rings. The largest absolute Gasteiger partial charge is 0.478 e. The van der Waals surface area contributed by atoms with Crippen molar-refractivity contribution in [3.8, 4) is 0 Å². The maximum atomic E-state index is 11.7. The van der Waals surface area contributed by atoms with E-state index >= 15 is 0 Å². The van der Waals surface area contributed by atoms with Gasteiger partial charge < -0.3 is 9.84 Å². The number of hydrogen-bond donors (Lipinski definition) is 3. The maximum absolute atomic E-state index is 11.7. The monoisotopic (exact) mass is 299 g/mol. The van der Waals surface area contributed by atoms with Gasteiger partial charge in [-0.25, -0.2) is 26.7 Å². The minimum Gasteiger partial charge on any atom is -0.478 e. The van der Waals surface area contributed by atoms with Crippen LogP contribution in [0.5, 0.6) is 0 Å². The van der Waals surface area contributed by atoms with Crippen molar-refractivity contribution in [3.05, 3.63) is 11.8 Å². The fraction of sp³-hybridized carbons (Fsp3) is 0.500. The first-order valence-corrected chi connectivity index (χ1v) is 6.45. The van der Waals surface area contributed by atoms with Crippen molar-refractivity contribution in [3.63, 3.8) is 0 Å². The number of carbonyl (C=O) groups is 1. The summed E-state index contributed by atoms with van der Waals surface area (Å²) in [4.78, 5) is 10.7. The molecule has 0 aliphatic carbocycles. The zero-order chi connectivity index (χ0) is 14.5. The molecule has 19 heavy (non-hydrogen) atoms. The minimum atomic E-state index is -4.11. The van der Waals surface area contributed by atoms with Crippen LogP contribution in [-0.2, 0) is 14.8 Å². The van der Waals surface area contributed by atoms with E-state index in [2.05, 4.69) is 9.84 Å². The molecule has 0 bridgehead atoms. The van der Waals surface area contributed by atoms with Gasteiger partial charge in [-0.2, -0.15) is 5.10 Å². The van der Waals surface area contributed by atoms with Crippen LogP contribution in [0.15, 0.2) is 11.2 Å². The second-order valence-electron chi connectivity index (χ2n) is 3.28. The summed E-state index contributed by atoms with van der Waals surface area (Å²) in [5.74, 6) is -1.46. The van der Waals surface area contributed by atoms with Crippen molar-refractivity contribution in [2.45, 2.75) is 11.5 Å². The van der Waals surface area contributed by atoms with Gasteiger partial charge >= 0.3 is 5.97 Å². The molecule has 8 nitrogen and oxygen atoms in total. The number of alkyl halides is 2. The minimum absolute atomic E-state index is 0.264. The lowest BCUT2D eigenvalue weighted by atomic mass is 10.4. The van der Waals surface area contributed by atoms with Crippen LogP contribution in [0.2, 0.25) is 0 Å². The summed E-state index contributed by atoms with van der Waals surface area (Å²) in [6.45, 7) is -1.33. The molecule has 0 spiro atoms. The lowest BCUT2D eigenvalue weighted by Gasteiger charge is -2.06. The molecule has 1 aromatic heterocycles. The molecule has 0 atom stereocenters. The molecule has 1 heterocycles. The van der Waals surface area contributed by atoms with Crippen molar-refractivity contribution in [2.24, 2.45) is 0 Å². The van der Waals surface area contributed by atoms with Gasteiger partial charge in [0.2, 0.25) is 0 Å². The van der Waals surface area contributed by atoms with E-state index in [4.69, 9.17) is 5.11 Å². The van der Waals surface area contributed by atoms with Gasteiger partial charge in [0.05, 0.1) is 12.8 Å². The second kappa shape index (κ2) is 6.54. The van der Waals surface area contributed by atoms with Crippen LogP contribution in [0.1, 0.15) is 10.4 Å². The van der Waals surface area contributed by atoms with E-state index in [0.717, 1.165) is 6.20 Å². The lowest BCUT2D eigenvalue weighted by molar-refractivity contribution is 0.0199. The van der Waals surface area contributed by atoms with E-state index in [-0.39, 0.29) is 13.2 Å². The van der Waals surface area contributed by atoms with Crippen LogP contribution in [0.4, 0.5) is 8.78 Å². The number of nitrogens with one attached hydrogen (secondary N) is 2. The van der Waals surface area contributed by atoms with Crippen LogP contribution < -0.4 is 4.72 Å². The van der Waals surface area contributed by atoms with E-state index < -0.39 is 39.6 Å².